The van der Waals surface area contributed by atoms with Crippen LogP contribution < -0.4 is 15.0 Å². The Bertz CT molecular complexity index is 817. The maximum Gasteiger partial charge on any atom is 0.255 e. The number of benzene rings is 2. The van der Waals surface area contributed by atoms with Crippen LogP contribution in [0.1, 0.15) is 42.1 Å². The maximum absolute atomic E-state index is 12.7. The fourth-order valence-electron chi connectivity index (χ4n) is 2.99. The van der Waals surface area contributed by atoms with Crippen LogP contribution in [0.3, 0.4) is 0 Å². The molecule has 3 rings (SSSR count). The first-order valence-corrected chi connectivity index (χ1v) is 9.03. The zero-order valence-corrected chi connectivity index (χ0v) is 15.2. The molecule has 0 aliphatic carbocycles. The van der Waals surface area contributed by atoms with E-state index >= 15 is 0 Å². The molecule has 2 aromatic rings. The first-order valence-electron chi connectivity index (χ1n) is 9.03. The van der Waals surface area contributed by atoms with Gasteiger partial charge in [0, 0.05) is 24.2 Å². The van der Waals surface area contributed by atoms with Gasteiger partial charge >= 0.3 is 0 Å². The van der Waals surface area contributed by atoms with Crippen molar-refractivity contribution in [3.63, 3.8) is 0 Å². The molecule has 0 atom stereocenters. The second-order valence-corrected chi connectivity index (χ2v) is 6.50. The van der Waals surface area contributed by atoms with Crippen molar-refractivity contribution in [2.45, 2.75) is 33.1 Å². The highest BCUT2D eigenvalue weighted by Gasteiger charge is 2.22. The number of nitrogens with one attached hydrogen (secondary N) is 1. The van der Waals surface area contributed by atoms with Gasteiger partial charge in [-0.05, 0) is 55.7 Å². The van der Waals surface area contributed by atoms with Crippen molar-refractivity contribution in [1.29, 1.82) is 0 Å². The van der Waals surface area contributed by atoms with Gasteiger partial charge in [0.15, 0.2) is 0 Å². The van der Waals surface area contributed by atoms with Crippen molar-refractivity contribution in [2.24, 2.45) is 0 Å². The largest absolute Gasteiger partial charge is 0.491 e. The molecule has 26 heavy (non-hydrogen) atoms. The Kier molecular flexibility index (Phi) is 5.56. The molecule has 1 fully saturated rings. The van der Waals surface area contributed by atoms with Gasteiger partial charge in [0.05, 0.1) is 12.3 Å². The van der Waals surface area contributed by atoms with Crippen molar-refractivity contribution in [3.05, 3.63) is 53.6 Å². The van der Waals surface area contributed by atoms with Crippen molar-refractivity contribution in [2.75, 3.05) is 23.4 Å². The number of carbonyl (C=O) groups excluding carboxylic acids is 2. The molecule has 2 amide bonds. The standard InChI is InChI=1S/C21H24N2O3/c1-3-12-26-19-13-15(2)9-10-18(19)22-21(25)16-6-4-7-17(14-16)23-11-5-8-20(23)24/h4,6-7,9-10,13-14H,3,5,8,11-12H2,1-2H3,(H,22,25). The summed E-state index contributed by atoms with van der Waals surface area (Å²) in [7, 11) is 0. The predicted octanol–water partition coefficient (Wildman–Crippen LogP) is 4.16. The highest BCUT2D eigenvalue weighted by molar-refractivity contribution is 6.06. The summed E-state index contributed by atoms with van der Waals surface area (Å²) < 4.78 is 5.76. The van der Waals surface area contributed by atoms with Crippen molar-refractivity contribution in [1.82, 2.24) is 0 Å². The van der Waals surface area contributed by atoms with Crippen LogP contribution in [0.4, 0.5) is 11.4 Å². The molecule has 0 unspecified atom stereocenters. The third-order valence-electron chi connectivity index (χ3n) is 4.34. The molecule has 0 spiro atoms. The van der Waals surface area contributed by atoms with Crippen LogP contribution >= 0.6 is 0 Å². The van der Waals surface area contributed by atoms with Gasteiger partial charge < -0.3 is 15.0 Å². The number of amides is 2. The first-order chi connectivity index (χ1) is 12.6. The van der Waals surface area contributed by atoms with Gasteiger partial charge in [-0.1, -0.05) is 19.1 Å². The van der Waals surface area contributed by atoms with E-state index in [0.717, 1.165) is 24.1 Å². The van der Waals surface area contributed by atoms with Gasteiger partial charge in [0.25, 0.3) is 5.91 Å². The van der Waals surface area contributed by atoms with E-state index in [9.17, 15) is 9.59 Å². The van der Waals surface area contributed by atoms with E-state index in [1.807, 2.05) is 38.1 Å². The number of aryl methyl sites for hydroxylation is 1. The molecular weight excluding hydrogens is 328 g/mol. The topological polar surface area (TPSA) is 58.6 Å². The lowest BCUT2D eigenvalue weighted by Gasteiger charge is -2.17. The molecule has 0 saturated carbocycles. The van der Waals surface area contributed by atoms with E-state index in [1.165, 1.54) is 0 Å². The van der Waals surface area contributed by atoms with Crippen molar-refractivity contribution >= 4 is 23.2 Å². The number of rotatable bonds is 6. The Labute approximate surface area is 154 Å². The van der Waals surface area contributed by atoms with E-state index < -0.39 is 0 Å². The summed E-state index contributed by atoms with van der Waals surface area (Å²) in [5.41, 5.74) is 3.01. The molecule has 136 valence electrons. The Morgan fingerprint density at radius 2 is 2.08 bits per heavy atom. The minimum atomic E-state index is -0.219. The van der Waals surface area contributed by atoms with Gasteiger partial charge in [-0.25, -0.2) is 0 Å². The molecular formula is C21H24N2O3. The minimum absolute atomic E-state index is 0.108. The second kappa shape index (κ2) is 8.04. The maximum atomic E-state index is 12.7. The summed E-state index contributed by atoms with van der Waals surface area (Å²) >= 11 is 0. The number of hydrogen-bond donors (Lipinski definition) is 1. The molecule has 5 nitrogen and oxygen atoms in total. The van der Waals surface area contributed by atoms with Gasteiger partial charge in [0.1, 0.15) is 5.75 Å². The van der Waals surface area contributed by atoms with Crippen LogP contribution in [-0.2, 0) is 4.79 Å². The lowest BCUT2D eigenvalue weighted by Crippen LogP contribution is -2.24. The first kappa shape index (κ1) is 18.0. The summed E-state index contributed by atoms with van der Waals surface area (Å²) in [4.78, 5) is 26.4. The summed E-state index contributed by atoms with van der Waals surface area (Å²) in [6.45, 7) is 5.33. The Hall–Kier alpha value is -2.82. The van der Waals surface area contributed by atoms with E-state index in [-0.39, 0.29) is 11.8 Å². The van der Waals surface area contributed by atoms with Crippen molar-refractivity contribution in [3.8, 4) is 5.75 Å². The van der Waals surface area contributed by atoms with Crippen LogP contribution in [0.25, 0.3) is 0 Å². The lowest BCUT2D eigenvalue weighted by atomic mass is 10.1. The summed E-state index contributed by atoms with van der Waals surface area (Å²) in [6, 6.07) is 12.9. The number of nitrogens with zero attached hydrogens (tertiary/aromatic N) is 1. The molecule has 5 heteroatoms. The van der Waals surface area contributed by atoms with Crippen molar-refractivity contribution < 1.29 is 14.3 Å². The van der Waals surface area contributed by atoms with E-state index in [0.29, 0.717) is 36.6 Å². The monoisotopic (exact) mass is 352 g/mol. The zero-order valence-electron chi connectivity index (χ0n) is 15.2. The Morgan fingerprint density at radius 1 is 1.23 bits per heavy atom. The van der Waals surface area contributed by atoms with Crippen LogP contribution in [-0.4, -0.2) is 25.0 Å². The zero-order chi connectivity index (χ0) is 18.5. The molecule has 1 aliphatic rings. The van der Waals surface area contributed by atoms with Crippen LogP contribution in [0.15, 0.2) is 42.5 Å². The molecule has 0 aromatic heterocycles. The number of anilines is 2. The smallest absolute Gasteiger partial charge is 0.255 e. The molecule has 1 saturated heterocycles. The molecule has 1 aliphatic heterocycles. The molecule has 0 bridgehead atoms. The highest BCUT2D eigenvalue weighted by atomic mass is 16.5. The van der Waals surface area contributed by atoms with Gasteiger partial charge in [-0.15, -0.1) is 0 Å². The van der Waals surface area contributed by atoms with Gasteiger partial charge in [-0.2, -0.15) is 0 Å². The van der Waals surface area contributed by atoms with E-state index in [4.69, 9.17) is 4.74 Å². The summed E-state index contributed by atoms with van der Waals surface area (Å²) in [5, 5.41) is 2.92. The van der Waals surface area contributed by atoms with E-state index in [1.54, 1.807) is 23.1 Å². The minimum Gasteiger partial charge on any atom is -0.491 e. The number of carbonyl (C=O) groups is 2. The third kappa shape index (κ3) is 4.04. The number of ether oxygens (including phenoxy) is 1. The summed E-state index contributed by atoms with van der Waals surface area (Å²) in [5.74, 6) is 0.561. The van der Waals surface area contributed by atoms with Crippen LogP contribution in [0.2, 0.25) is 0 Å². The van der Waals surface area contributed by atoms with Crippen LogP contribution in [0.5, 0.6) is 5.75 Å². The quantitative estimate of drug-likeness (QED) is 0.849. The average molecular weight is 352 g/mol. The normalized spacial score (nSPS) is 13.8. The van der Waals surface area contributed by atoms with E-state index in [2.05, 4.69) is 5.32 Å². The van der Waals surface area contributed by atoms with Gasteiger partial charge in [-0.3, -0.25) is 9.59 Å². The Morgan fingerprint density at radius 3 is 2.81 bits per heavy atom. The lowest BCUT2D eigenvalue weighted by molar-refractivity contribution is -0.117. The fraction of sp³-hybridized carbons (Fsp3) is 0.333. The predicted molar refractivity (Wildman–Crippen MR) is 103 cm³/mol. The molecule has 1 N–H and O–H groups in total. The SMILES string of the molecule is CCCOc1cc(C)ccc1NC(=O)c1cccc(N2CCCC2=O)c1. The average Bonchev–Trinajstić information content (AvgIpc) is 3.08. The fourth-order valence-corrected chi connectivity index (χ4v) is 2.99. The second-order valence-electron chi connectivity index (χ2n) is 6.50. The Balaban J connectivity index is 1.79. The highest BCUT2D eigenvalue weighted by Crippen LogP contribution is 2.27. The molecule has 2 aromatic carbocycles. The third-order valence-corrected chi connectivity index (χ3v) is 4.34. The van der Waals surface area contributed by atoms with Crippen LogP contribution in [0, 0.1) is 6.92 Å². The number of hydrogen-bond acceptors (Lipinski definition) is 3. The molecule has 0 radical (unpaired) electrons. The van der Waals surface area contributed by atoms with Gasteiger partial charge in [0.2, 0.25) is 5.91 Å². The molecule has 1 heterocycles. The summed E-state index contributed by atoms with van der Waals surface area (Å²) in [6.07, 6.45) is 2.32.